The Bertz CT molecular complexity index is 337. The van der Waals surface area contributed by atoms with Crippen molar-refractivity contribution in [3.05, 3.63) is 28.0 Å². The van der Waals surface area contributed by atoms with Gasteiger partial charge in [-0.3, -0.25) is 9.78 Å². The van der Waals surface area contributed by atoms with E-state index in [1.54, 1.807) is 0 Å². The molecule has 0 aromatic carbocycles. The van der Waals surface area contributed by atoms with Gasteiger partial charge in [-0.2, -0.15) is 13.2 Å². The molecule has 13 heavy (non-hydrogen) atoms. The topological polar surface area (TPSA) is 30.0 Å². The van der Waals surface area contributed by atoms with Crippen molar-refractivity contribution in [1.29, 1.82) is 0 Å². The number of hydrogen-bond donors (Lipinski definition) is 0. The number of aldehydes is 1. The van der Waals surface area contributed by atoms with Crippen molar-refractivity contribution in [3.8, 4) is 0 Å². The molecule has 0 saturated carbocycles. The molecule has 0 fully saturated rings. The number of halogens is 4. The number of hydrogen-bond acceptors (Lipinski definition) is 2. The van der Waals surface area contributed by atoms with Gasteiger partial charge in [0.05, 0.1) is 5.56 Å². The molecule has 0 bridgehead atoms. The molecule has 0 aliphatic rings. The highest BCUT2D eigenvalue weighted by Crippen LogP contribution is 2.34. The lowest BCUT2D eigenvalue weighted by Crippen LogP contribution is -2.07. The highest BCUT2D eigenvalue weighted by atomic mass is 79.9. The Balaban J connectivity index is 3.20. The molecule has 0 unspecified atom stereocenters. The van der Waals surface area contributed by atoms with Crippen molar-refractivity contribution < 1.29 is 18.0 Å². The second-order valence-corrected chi connectivity index (χ2v) is 3.06. The lowest BCUT2D eigenvalue weighted by atomic mass is 10.2. The molecule has 0 N–H and O–H groups in total. The number of carbonyl (C=O) groups excluding carboxylic acids is 1. The van der Waals surface area contributed by atoms with Crippen molar-refractivity contribution >= 4 is 22.2 Å². The number of alkyl halides is 3. The lowest BCUT2D eigenvalue weighted by Gasteiger charge is -2.07. The van der Waals surface area contributed by atoms with Crippen LogP contribution in [-0.4, -0.2) is 11.3 Å². The number of nitrogens with zero attached hydrogens (tertiary/aromatic N) is 1. The zero-order valence-electron chi connectivity index (χ0n) is 6.10. The van der Waals surface area contributed by atoms with Crippen LogP contribution in [0.25, 0.3) is 0 Å². The van der Waals surface area contributed by atoms with Gasteiger partial charge < -0.3 is 0 Å². The van der Waals surface area contributed by atoms with Crippen LogP contribution >= 0.6 is 15.9 Å². The predicted molar refractivity (Wildman–Crippen MR) is 42.3 cm³/mol. The van der Waals surface area contributed by atoms with Crippen LogP contribution in [0.1, 0.15) is 16.1 Å². The molecule has 0 amide bonds. The van der Waals surface area contributed by atoms with Crippen molar-refractivity contribution in [2.24, 2.45) is 0 Å². The Hall–Kier alpha value is -0.910. The fraction of sp³-hybridized carbons (Fsp3) is 0.143. The second-order valence-electron chi connectivity index (χ2n) is 2.20. The minimum atomic E-state index is -4.45. The van der Waals surface area contributed by atoms with E-state index in [9.17, 15) is 18.0 Å². The molecule has 1 aromatic rings. The van der Waals surface area contributed by atoms with Crippen LogP contribution in [0.2, 0.25) is 0 Å². The molecule has 1 aromatic heterocycles. The van der Waals surface area contributed by atoms with E-state index in [4.69, 9.17) is 0 Å². The van der Waals surface area contributed by atoms with E-state index in [2.05, 4.69) is 20.9 Å². The molecule has 6 heteroatoms. The zero-order chi connectivity index (χ0) is 10.1. The van der Waals surface area contributed by atoms with E-state index in [0.29, 0.717) is 12.5 Å². The molecule has 0 radical (unpaired) electrons. The molecular formula is C7H3BrF3NO. The van der Waals surface area contributed by atoms with Crippen LogP contribution in [0, 0.1) is 0 Å². The summed E-state index contributed by atoms with van der Waals surface area (Å²) in [6.07, 6.45) is -3.45. The second kappa shape index (κ2) is 3.45. The summed E-state index contributed by atoms with van der Waals surface area (Å²) in [6, 6.07) is 1.02. The van der Waals surface area contributed by atoms with Crippen molar-refractivity contribution in [2.75, 3.05) is 0 Å². The average molecular weight is 254 g/mol. The third-order valence-electron chi connectivity index (χ3n) is 1.30. The largest absolute Gasteiger partial charge is 0.418 e. The molecule has 0 aliphatic carbocycles. The Morgan fingerprint density at radius 1 is 1.46 bits per heavy atom. The molecule has 0 atom stereocenters. The first kappa shape index (κ1) is 10.2. The maximum absolute atomic E-state index is 12.1. The van der Waals surface area contributed by atoms with Crippen molar-refractivity contribution in [1.82, 2.24) is 4.98 Å². The normalized spacial score (nSPS) is 11.4. The summed E-state index contributed by atoms with van der Waals surface area (Å²) in [4.78, 5) is 13.5. The zero-order valence-corrected chi connectivity index (χ0v) is 7.69. The first-order chi connectivity index (χ1) is 5.95. The Morgan fingerprint density at radius 2 is 2.08 bits per heavy atom. The molecule has 70 valence electrons. The fourth-order valence-electron chi connectivity index (χ4n) is 0.719. The van der Waals surface area contributed by atoms with Crippen molar-refractivity contribution in [2.45, 2.75) is 6.18 Å². The van der Waals surface area contributed by atoms with Crippen LogP contribution in [-0.2, 0) is 6.18 Å². The molecule has 0 spiro atoms. The molecule has 2 nitrogen and oxygen atoms in total. The van der Waals surface area contributed by atoms with Crippen LogP contribution in [0.3, 0.4) is 0 Å². The molecule has 1 rings (SSSR count). The minimum Gasteiger partial charge on any atom is -0.296 e. The predicted octanol–water partition coefficient (Wildman–Crippen LogP) is 2.68. The quantitative estimate of drug-likeness (QED) is 0.721. The lowest BCUT2D eigenvalue weighted by molar-refractivity contribution is -0.138. The number of carbonyl (C=O) groups is 1. The van der Waals surface area contributed by atoms with Gasteiger partial charge in [0.25, 0.3) is 0 Å². The number of rotatable bonds is 1. The first-order valence-corrected chi connectivity index (χ1v) is 3.92. The van der Waals surface area contributed by atoms with Crippen LogP contribution in [0.15, 0.2) is 16.7 Å². The van der Waals surface area contributed by atoms with Gasteiger partial charge in [0.2, 0.25) is 0 Å². The summed E-state index contributed by atoms with van der Waals surface area (Å²) in [5.41, 5.74) is -0.932. The van der Waals surface area contributed by atoms with Crippen LogP contribution in [0.5, 0.6) is 0 Å². The van der Waals surface area contributed by atoms with Gasteiger partial charge in [0.15, 0.2) is 6.29 Å². The maximum Gasteiger partial charge on any atom is 0.418 e. The highest BCUT2D eigenvalue weighted by Gasteiger charge is 2.33. The maximum atomic E-state index is 12.1. The third-order valence-corrected chi connectivity index (χ3v) is 1.96. The van der Waals surface area contributed by atoms with Gasteiger partial charge in [0, 0.05) is 10.7 Å². The molecule has 0 aliphatic heterocycles. The summed E-state index contributed by atoms with van der Waals surface area (Å²) < 4.78 is 36.2. The van der Waals surface area contributed by atoms with E-state index in [1.807, 2.05) is 0 Å². The van der Waals surface area contributed by atoms with Gasteiger partial charge >= 0.3 is 6.18 Å². The van der Waals surface area contributed by atoms with E-state index < -0.39 is 11.7 Å². The smallest absolute Gasteiger partial charge is 0.296 e. The van der Waals surface area contributed by atoms with Gasteiger partial charge in [0.1, 0.15) is 5.69 Å². The minimum absolute atomic E-state index is 0.0418. The molecule has 1 heterocycles. The molecule has 0 saturated heterocycles. The molecular weight excluding hydrogens is 251 g/mol. The SMILES string of the molecule is O=Cc1cc(Br)c(C(F)(F)F)cn1. The van der Waals surface area contributed by atoms with Gasteiger partial charge in [-0.05, 0) is 6.07 Å². The number of pyridine rings is 1. The van der Waals surface area contributed by atoms with Crippen LogP contribution < -0.4 is 0 Å². The monoisotopic (exact) mass is 253 g/mol. The van der Waals surface area contributed by atoms with E-state index in [1.165, 1.54) is 0 Å². The standard InChI is InChI=1S/C7H3BrF3NO/c8-6-1-4(3-13)12-2-5(6)7(9,10)11/h1-3H. The van der Waals surface area contributed by atoms with E-state index in [-0.39, 0.29) is 10.2 Å². The van der Waals surface area contributed by atoms with Gasteiger partial charge in [-0.15, -0.1) is 0 Å². The van der Waals surface area contributed by atoms with Gasteiger partial charge in [-0.1, -0.05) is 15.9 Å². The van der Waals surface area contributed by atoms with Gasteiger partial charge in [-0.25, -0.2) is 0 Å². The van der Waals surface area contributed by atoms with E-state index >= 15 is 0 Å². The first-order valence-electron chi connectivity index (χ1n) is 3.13. The van der Waals surface area contributed by atoms with E-state index in [0.717, 1.165) is 6.07 Å². The highest BCUT2D eigenvalue weighted by molar-refractivity contribution is 9.10. The average Bonchev–Trinajstić information content (AvgIpc) is 2.01. The summed E-state index contributed by atoms with van der Waals surface area (Å²) in [6.45, 7) is 0. The van der Waals surface area contributed by atoms with Crippen molar-refractivity contribution in [3.63, 3.8) is 0 Å². The summed E-state index contributed by atoms with van der Waals surface area (Å²) in [5, 5.41) is 0. The third kappa shape index (κ3) is 2.27. The Kier molecular flexibility index (Phi) is 2.70. The Morgan fingerprint density at radius 3 is 2.46 bits per heavy atom. The summed E-state index contributed by atoms with van der Waals surface area (Å²) in [5.74, 6) is 0. The van der Waals surface area contributed by atoms with Crippen LogP contribution in [0.4, 0.5) is 13.2 Å². The summed E-state index contributed by atoms with van der Waals surface area (Å²) >= 11 is 2.70. The Labute approximate surface area is 79.9 Å². The fourth-order valence-corrected chi connectivity index (χ4v) is 1.28. The summed E-state index contributed by atoms with van der Waals surface area (Å²) in [7, 11) is 0. The number of aromatic nitrogens is 1.